The van der Waals surface area contributed by atoms with E-state index < -0.39 is 5.97 Å². The third kappa shape index (κ3) is 4.49. The summed E-state index contributed by atoms with van der Waals surface area (Å²) >= 11 is 4.62. The van der Waals surface area contributed by atoms with E-state index in [4.69, 9.17) is 14.2 Å². The highest BCUT2D eigenvalue weighted by Gasteiger charge is 2.17. The molecule has 1 aromatic carbocycles. The van der Waals surface area contributed by atoms with E-state index in [1.165, 1.54) is 18.4 Å². The zero-order valence-electron chi connectivity index (χ0n) is 14.3. The lowest BCUT2D eigenvalue weighted by Gasteiger charge is -2.10. The van der Waals surface area contributed by atoms with E-state index in [2.05, 4.69) is 31.4 Å². The first-order chi connectivity index (χ1) is 12.0. The molecule has 0 aliphatic carbocycles. The number of carbonyl (C=O) groups excluding carboxylic acids is 1. The molecular weight excluding hydrogens is 410 g/mol. The number of rotatable bonds is 7. The zero-order valence-corrected chi connectivity index (χ0v) is 16.7. The average molecular weight is 428 g/mol. The smallest absolute Gasteiger partial charge is 0.350 e. The number of carbonyl (C=O) groups is 1. The van der Waals surface area contributed by atoms with Crippen LogP contribution < -0.4 is 14.9 Å². The van der Waals surface area contributed by atoms with Gasteiger partial charge in [0.25, 0.3) is 0 Å². The second-order valence-corrected chi connectivity index (χ2v) is 6.66. The Bertz CT molecular complexity index is 792. The SMILES string of the molecule is CCc1nc(N/N=C\c2cc(Br)cc(OC)c2OC)sc1C(=O)OC. The minimum Gasteiger partial charge on any atom is -0.493 e. The minimum absolute atomic E-state index is 0.398. The van der Waals surface area contributed by atoms with E-state index in [1.807, 2.05) is 13.0 Å². The second kappa shape index (κ2) is 8.82. The van der Waals surface area contributed by atoms with E-state index in [9.17, 15) is 4.79 Å². The molecule has 0 bridgehead atoms. The highest BCUT2D eigenvalue weighted by Crippen LogP contribution is 2.33. The number of methoxy groups -OCH3 is 3. The number of hydrogen-bond donors (Lipinski definition) is 1. The van der Waals surface area contributed by atoms with E-state index in [0.29, 0.717) is 33.6 Å². The molecule has 25 heavy (non-hydrogen) atoms. The van der Waals surface area contributed by atoms with Crippen molar-refractivity contribution >= 4 is 44.6 Å². The van der Waals surface area contributed by atoms with Crippen LogP contribution >= 0.6 is 27.3 Å². The number of aromatic nitrogens is 1. The first-order valence-electron chi connectivity index (χ1n) is 7.32. The lowest BCUT2D eigenvalue weighted by molar-refractivity contribution is 0.0605. The van der Waals surface area contributed by atoms with Crippen LogP contribution in [0.25, 0.3) is 0 Å². The van der Waals surface area contributed by atoms with Gasteiger partial charge in [-0.2, -0.15) is 5.10 Å². The van der Waals surface area contributed by atoms with E-state index in [0.717, 1.165) is 10.0 Å². The number of hydrazone groups is 1. The highest BCUT2D eigenvalue weighted by atomic mass is 79.9. The molecule has 0 fully saturated rings. The Labute approximate surface area is 158 Å². The molecule has 0 saturated heterocycles. The molecule has 0 atom stereocenters. The van der Waals surface area contributed by atoms with Crippen LogP contribution in [-0.4, -0.2) is 38.5 Å². The third-order valence-corrected chi connectivity index (χ3v) is 4.68. The number of halogens is 1. The van der Waals surface area contributed by atoms with Crippen molar-refractivity contribution < 1.29 is 19.0 Å². The van der Waals surface area contributed by atoms with Gasteiger partial charge in [0.15, 0.2) is 11.5 Å². The van der Waals surface area contributed by atoms with Crippen LogP contribution in [-0.2, 0) is 11.2 Å². The molecule has 0 unspecified atom stereocenters. The van der Waals surface area contributed by atoms with E-state index >= 15 is 0 Å². The van der Waals surface area contributed by atoms with Crippen molar-refractivity contribution in [1.29, 1.82) is 0 Å². The van der Waals surface area contributed by atoms with Gasteiger partial charge >= 0.3 is 5.97 Å². The molecule has 9 heteroatoms. The van der Waals surface area contributed by atoms with Gasteiger partial charge in [-0.3, -0.25) is 5.43 Å². The summed E-state index contributed by atoms with van der Waals surface area (Å²) in [5.74, 6) is 0.762. The van der Waals surface area contributed by atoms with Crippen LogP contribution in [0.5, 0.6) is 11.5 Å². The fourth-order valence-electron chi connectivity index (χ4n) is 2.10. The van der Waals surface area contributed by atoms with Crippen molar-refractivity contribution in [3.63, 3.8) is 0 Å². The molecule has 1 aromatic heterocycles. The van der Waals surface area contributed by atoms with Crippen molar-refractivity contribution in [1.82, 2.24) is 4.98 Å². The van der Waals surface area contributed by atoms with Gasteiger partial charge in [0.1, 0.15) is 4.88 Å². The summed E-state index contributed by atoms with van der Waals surface area (Å²) < 4.78 is 16.3. The number of aryl methyl sites for hydroxylation is 1. The number of benzene rings is 1. The summed E-state index contributed by atoms with van der Waals surface area (Å²) in [6.07, 6.45) is 2.22. The van der Waals surface area contributed by atoms with Crippen LogP contribution in [0.15, 0.2) is 21.7 Å². The molecule has 134 valence electrons. The largest absolute Gasteiger partial charge is 0.493 e. The molecule has 2 rings (SSSR count). The van der Waals surface area contributed by atoms with Crippen molar-refractivity contribution in [3.8, 4) is 11.5 Å². The van der Waals surface area contributed by atoms with Crippen molar-refractivity contribution in [2.24, 2.45) is 5.10 Å². The van der Waals surface area contributed by atoms with Crippen LogP contribution in [0.2, 0.25) is 0 Å². The number of nitrogens with zero attached hydrogens (tertiary/aromatic N) is 2. The number of anilines is 1. The van der Waals surface area contributed by atoms with Crippen molar-refractivity contribution in [3.05, 3.63) is 32.7 Å². The lowest BCUT2D eigenvalue weighted by atomic mass is 10.2. The molecule has 0 radical (unpaired) electrons. The molecule has 7 nitrogen and oxygen atoms in total. The van der Waals surface area contributed by atoms with Gasteiger partial charge in [-0.15, -0.1) is 0 Å². The summed E-state index contributed by atoms with van der Waals surface area (Å²) in [4.78, 5) is 16.6. The van der Waals surface area contributed by atoms with Gasteiger partial charge in [-0.05, 0) is 18.6 Å². The highest BCUT2D eigenvalue weighted by molar-refractivity contribution is 9.10. The van der Waals surface area contributed by atoms with Crippen LogP contribution in [0, 0.1) is 0 Å². The molecule has 2 aromatic rings. The molecule has 0 aliphatic heterocycles. The molecule has 1 heterocycles. The van der Waals surface area contributed by atoms with Gasteiger partial charge in [0, 0.05) is 10.0 Å². The average Bonchev–Trinajstić information content (AvgIpc) is 3.03. The van der Waals surface area contributed by atoms with Crippen LogP contribution in [0.4, 0.5) is 5.13 Å². The van der Waals surface area contributed by atoms with Gasteiger partial charge in [-0.1, -0.05) is 34.2 Å². The summed E-state index contributed by atoms with van der Waals surface area (Å²) in [6, 6.07) is 3.66. The fraction of sp³-hybridized carbons (Fsp3) is 0.312. The summed E-state index contributed by atoms with van der Waals surface area (Å²) in [5.41, 5.74) is 4.23. The standard InChI is InChI=1S/C16H18BrN3O4S/c1-5-11-14(15(21)24-4)25-16(19-11)20-18-8-9-6-10(17)7-12(22-2)13(9)23-3/h6-8H,5H2,1-4H3,(H,19,20)/b18-8-. The maximum Gasteiger partial charge on any atom is 0.350 e. The van der Waals surface area contributed by atoms with Gasteiger partial charge in [-0.25, -0.2) is 9.78 Å². The zero-order chi connectivity index (χ0) is 18.4. The molecule has 0 saturated carbocycles. The molecule has 0 amide bonds. The number of esters is 1. The quantitative estimate of drug-likeness (QED) is 0.411. The number of hydrogen-bond acceptors (Lipinski definition) is 8. The van der Waals surface area contributed by atoms with Gasteiger partial charge < -0.3 is 14.2 Å². The first-order valence-corrected chi connectivity index (χ1v) is 8.93. The lowest BCUT2D eigenvalue weighted by Crippen LogP contribution is -2.01. The predicted molar refractivity (Wildman–Crippen MR) is 101 cm³/mol. The Morgan fingerprint density at radius 1 is 1.36 bits per heavy atom. The second-order valence-electron chi connectivity index (χ2n) is 4.74. The number of thiazole rings is 1. The number of nitrogens with one attached hydrogen (secondary N) is 1. The summed E-state index contributed by atoms with van der Waals surface area (Å²) in [7, 11) is 4.48. The Hall–Kier alpha value is -2.13. The maximum absolute atomic E-state index is 11.7. The Balaban J connectivity index is 2.23. The Morgan fingerprint density at radius 2 is 2.12 bits per heavy atom. The minimum atomic E-state index is -0.398. The normalized spacial score (nSPS) is 10.8. The summed E-state index contributed by atoms with van der Waals surface area (Å²) in [5, 5.41) is 4.68. The fourth-order valence-corrected chi connectivity index (χ4v) is 3.48. The Kier molecular flexibility index (Phi) is 6.77. The van der Waals surface area contributed by atoms with Crippen molar-refractivity contribution in [2.75, 3.05) is 26.8 Å². The van der Waals surface area contributed by atoms with Gasteiger partial charge in [0.2, 0.25) is 5.13 Å². The molecule has 0 spiro atoms. The van der Waals surface area contributed by atoms with E-state index in [-0.39, 0.29) is 0 Å². The topological polar surface area (TPSA) is 82.0 Å². The number of ether oxygens (including phenoxy) is 3. The summed E-state index contributed by atoms with van der Waals surface area (Å²) in [6.45, 7) is 1.92. The molecular formula is C16H18BrN3O4S. The van der Waals surface area contributed by atoms with Gasteiger partial charge in [0.05, 0.1) is 33.2 Å². The van der Waals surface area contributed by atoms with Crippen LogP contribution in [0.3, 0.4) is 0 Å². The van der Waals surface area contributed by atoms with Crippen molar-refractivity contribution in [2.45, 2.75) is 13.3 Å². The molecule has 1 N–H and O–H groups in total. The third-order valence-electron chi connectivity index (χ3n) is 3.24. The molecule has 0 aliphatic rings. The van der Waals surface area contributed by atoms with Crippen LogP contribution in [0.1, 0.15) is 27.9 Å². The van der Waals surface area contributed by atoms with E-state index in [1.54, 1.807) is 26.5 Å². The Morgan fingerprint density at radius 3 is 2.72 bits per heavy atom. The first kappa shape index (κ1) is 19.2. The maximum atomic E-state index is 11.7. The predicted octanol–water partition coefficient (Wildman–Crippen LogP) is 3.72. The monoisotopic (exact) mass is 427 g/mol.